The minimum atomic E-state index is -3.08. The largest absolute Gasteiger partial charge is 0.434 e. The predicted octanol–water partition coefficient (Wildman–Crippen LogP) is 2.39. The van der Waals surface area contributed by atoms with Crippen LogP contribution < -0.4 is 15.4 Å². The molecule has 1 unspecified atom stereocenters. The molecule has 124 valence electrons. The Balaban J connectivity index is 2.55. The van der Waals surface area contributed by atoms with Gasteiger partial charge >= 0.3 is 12.6 Å². The van der Waals surface area contributed by atoms with Crippen LogP contribution in [0.3, 0.4) is 0 Å². The number of halogens is 3. The molecule has 1 aromatic rings. The third-order valence-electron chi connectivity index (χ3n) is 2.84. The topological polar surface area (TPSA) is 70.6 Å². The summed E-state index contributed by atoms with van der Waals surface area (Å²) in [5.74, 6) is -1.09. The van der Waals surface area contributed by atoms with Crippen molar-refractivity contribution in [2.24, 2.45) is 0 Å². The first-order chi connectivity index (χ1) is 10.4. The van der Waals surface area contributed by atoms with Gasteiger partial charge in [-0.25, -0.2) is 9.18 Å². The minimum Gasteiger partial charge on any atom is -0.434 e. The molecule has 2 amide bonds. The number of urea groups is 1. The molecule has 0 saturated carbocycles. The molecule has 0 spiro atoms. The third kappa shape index (κ3) is 6.21. The van der Waals surface area contributed by atoms with Crippen molar-refractivity contribution in [2.45, 2.75) is 39.0 Å². The summed E-state index contributed by atoms with van der Waals surface area (Å²) in [6.07, 6.45) is 0.649. The fourth-order valence-electron chi connectivity index (χ4n) is 1.79. The molecule has 5 nitrogen and oxygen atoms in total. The number of benzene rings is 1. The lowest BCUT2D eigenvalue weighted by molar-refractivity contribution is -0.0506. The molecule has 0 aliphatic rings. The molecule has 0 heterocycles. The highest BCUT2D eigenvalue weighted by atomic mass is 19.3. The molecule has 0 aliphatic heterocycles. The maximum atomic E-state index is 13.6. The Bertz CT molecular complexity index is 486. The van der Waals surface area contributed by atoms with Gasteiger partial charge in [0.15, 0.2) is 0 Å². The fourth-order valence-corrected chi connectivity index (χ4v) is 1.79. The summed E-state index contributed by atoms with van der Waals surface area (Å²) >= 11 is 0. The smallest absolute Gasteiger partial charge is 0.387 e. The normalized spacial score (nSPS) is 12.1. The number of nitrogens with one attached hydrogen (secondary N) is 2. The predicted molar refractivity (Wildman–Crippen MR) is 74.2 cm³/mol. The molecule has 0 aliphatic carbocycles. The van der Waals surface area contributed by atoms with Crippen LogP contribution in [0.25, 0.3) is 0 Å². The van der Waals surface area contributed by atoms with E-state index >= 15 is 0 Å². The molecule has 0 saturated heterocycles. The monoisotopic (exact) mass is 320 g/mol. The van der Waals surface area contributed by atoms with Crippen LogP contribution in [0, 0.1) is 5.82 Å². The molecule has 1 atom stereocenters. The lowest BCUT2D eigenvalue weighted by atomic mass is 10.2. The third-order valence-corrected chi connectivity index (χ3v) is 2.84. The number of carbonyl (C=O) groups excluding carboxylic acids is 1. The Morgan fingerprint density at radius 2 is 2.09 bits per heavy atom. The van der Waals surface area contributed by atoms with Gasteiger partial charge in [-0.2, -0.15) is 8.78 Å². The average Bonchev–Trinajstić information content (AvgIpc) is 2.44. The summed E-state index contributed by atoms with van der Waals surface area (Å²) in [4.78, 5) is 11.5. The van der Waals surface area contributed by atoms with Crippen molar-refractivity contribution >= 4 is 6.03 Å². The average molecular weight is 320 g/mol. The Hall–Kier alpha value is -1.96. The molecule has 3 N–H and O–H groups in total. The van der Waals surface area contributed by atoms with Crippen LogP contribution in [0.15, 0.2) is 18.2 Å². The molecule has 8 heteroatoms. The van der Waals surface area contributed by atoms with E-state index in [0.29, 0.717) is 6.42 Å². The number of hydrogen-bond acceptors (Lipinski definition) is 3. The van der Waals surface area contributed by atoms with Gasteiger partial charge in [0.25, 0.3) is 0 Å². The highest BCUT2D eigenvalue weighted by Gasteiger charge is 2.14. The van der Waals surface area contributed by atoms with Crippen LogP contribution in [-0.2, 0) is 6.54 Å². The maximum absolute atomic E-state index is 13.6. The molecule has 22 heavy (non-hydrogen) atoms. The lowest BCUT2D eigenvalue weighted by Gasteiger charge is -2.14. The quantitative estimate of drug-likeness (QED) is 0.689. The van der Waals surface area contributed by atoms with Crippen molar-refractivity contribution in [3.05, 3.63) is 29.6 Å². The van der Waals surface area contributed by atoms with Gasteiger partial charge in [-0.15, -0.1) is 0 Å². The minimum absolute atomic E-state index is 0.0529. The first-order valence-corrected chi connectivity index (χ1v) is 6.86. The Morgan fingerprint density at radius 3 is 2.73 bits per heavy atom. The standard InChI is InChI=1S/C14H19F3N2O3/c1-2-4-9(20)7-18-14(21)19-8-10-11(15)5-3-6-12(10)22-13(16)17/h3,5-6,9,13,20H,2,4,7-8H2,1H3,(H2,18,19,21). The zero-order valence-corrected chi connectivity index (χ0v) is 12.1. The highest BCUT2D eigenvalue weighted by Crippen LogP contribution is 2.23. The van der Waals surface area contributed by atoms with Gasteiger partial charge in [-0.1, -0.05) is 19.4 Å². The van der Waals surface area contributed by atoms with Crippen LogP contribution in [0.5, 0.6) is 5.75 Å². The number of rotatable bonds is 8. The summed E-state index contributed by atoms with van der Waals surface area (Å²) in [5.41, 5.74) is -0.174. The van der Waals surface area contributed by atoms with Crippen molar-refractivity contribution in [3.8, 4) is 5.75 Å². The van der Waals surface area contributed by atoms with E-state index in [2.05, 4.69) is 15.4 Å². The van der Waals surface area contributed by atoms with E-state index in [1.165, 1.54) is 12.1 Å². The van der Waals surface area contributed by atoms with Crippen molar-refractivity contribution in [1.82, 2.24) is 10.6 Å². The SMILES string of the molecule is CCCC(O)CNC(=O)NCc1c(F)cccc1OC(F)F. The number of amides is 2. The number of aliphatic hydroxyl groups is 1. The van der Waals surface area contributed by atoms with Crippen LogP contribution in [-0.4, -0.2) is 30.4 Å². The molecular weight excluding hydrogens is 301 g/mol. The van der Waals surface area contributed by atoms with Gasteiger partial charge in [0.1, 0.15) is 11.6 Å². The zero-order valence-electron chi connectivity index (χ0n) is 12.1. The summed E-state index contributed by atoms with van der Waals surface area (Å²) in [6, 6.07) is 2.87. The van der Waals surface area contributed by atoms with Gasteiger partial charge in [0, 0.05) is 12.1 Å². The Labute approximate surface area is 126 Å². The first kappa shape index (κ1) is 18.1. The van der Waals surface area contributed by atoms with Gasteiger partial charge < -0.3 is 20.5 Å². The summed E-state index contributed by atoms with van der Waals surface area (Å²) < 4.78 is 42.3. The van der Waals surface area contributed by atoms with E-state index in [4.69, 9.17) is 0 Å². The fraction of sp³-hybridized carbons (Fsp3) is 0.500. The van der Waals surface area contributed by atoms with E-state index in [9.17, 15) is 23.1 Å². The molecule has 0 aromatic heterocycles. The van der Waals surface area contributed by atoms with Crippen LogP contribution in [0.1, 0.15) is 25.3 Å². The molecule has 1 rings (SSSR count). The number of aliphatic hydroxyl groups excluding tert-OH is 1. The summed E-state index contributed by atoms with van der Waals surface area (Å²) in [7, 11) is 0. The Kier molecular flexibility index (Phi) is 7.51. The van der Waals surface area contributed by atoms with Crippen LogP contribution in [0.2, 0.25) is 0 Å². The van der Waals surface area contributed by atoms with Gasteiger partial charge in [-0.3, -0.25) is 0 Å². The second-order valence-electron chi connectivity index (χ2n) is 4.60. The van der Waals surface area contributed by atoms with E-state index in [0.717, 1.165) is 12.5 Å². The second kappa shape index (κ2) is 9.14. The lowest BCUT2D eigenvalue weighted by Crippen LogP contribution is -2.39. The van der Waals surface area contributed by atoms with Crippen molar-refractivity contribution in [1.29, 1.82) is 0 Å². The van der Waals surface area contributed by atoms with Crippen LogP contribution >= 0.6 is 0 Å². The van der Waals surface area contributed by atoms with E-state index in [-0.39, 0.29) is 24.4 Å². The molecule has 0 fully saturated rings. The molecular formula is C14H19F3N2O3. The molecule has 0 bridgehead atoms. The second-order valence-corrected chi connectivity index (χ2v) is 4.60. The van der Waals surface area contributed by atoms with Crippen LogP contribution in [0.4, 0.5) is 18.0 Å². The first-order valence-electron chi connectivity index (χ1n) is 6.86. The zero-order chi connectivity index (χ0) is 16.5. The number of hydrogen-bond donors (Lipinski definition) is 3. The molecule has 1 aromatic carbocycles. The van der Waals surface area contributed by atoms with Gasteiger partial charge in [-0.05, 0) is 18.6 Å². The van der Waals surface area contributed by atoms with E-state index in [1.807, 2.05) is 6.92 Å². The summed E-state index contributed by atoms with van der Waals surface area (Å²) in [6.45, 7) is -1.45. The van der Waals surface area contributed by atoms with Crippen molar-refractivity contribution in [2.75, 3.05) is 6.54 Å². The van der Waals surface area contributed by atoms with Crippen molar-refractivity contribution < 1.29 is 27.8 Å². The summed E-state index contributed by atoms with van der Waals surface area (Å²) in [5, 5.41) is 14.2. The van der Waals surface area contributed by atoms with E-state index in [1.54, 1.807) is 0 Å². The number of carbonyl (C=O) groups is 1. The Morgan fingerprint density at radius 1 is 1.36 bits per heavy atom. The van der Waals surface area contributed by atoms with Gasteiger partial charge in [0.2, 0.25) is 0 Å². The number of alkyl halides is 2. The maximum Gasteiger partial charge on any atom is 0.387 e. The van der Waals surface area contributed by atoms with Crippen molar-refractivity contribution in [3.63, 3.8) is 0 Å². The van der Waals surface area contributed by atoms with Gasteiger partial charge in [0.05, 0.1) is 12.6 Å². The number of ether oxygens (including phenoxy) is 1. The van der Waals surface area contributed by atoms with E-state index < -0.39 is 24.6 Å². The molecule has 0 radical (unpaired) electrons. The highest BCUT2D eigenvalue weighted by molar-refractivity contribution is 5.73.